The van der Waals surface area contributed by atoms with Gasteiger partial charge in [-0.2, -0.15) is 0 Å². The molecule has 3 rings (SSSR count). The molecule has 1 aliphatic carbocycles. The molecular weight excluding hydrogens is 274 g/mol. The summed E-state index contributed by atoms with van der Waals surface area (Å²) in [7, 11) is 0. The van der Waals surface area contributed by atoms with Crippen molar-refractivity contribution in [3.05, 3.63) is 42.1 Å². The van der Waals surface area contributed by atoms with Crippen molar-refractivity contribution in [1.82, 2.24) is 10.5 Å². The van der Waals surface area contributed by atoms with E-state index in [1.807, 2.05) is 36.4 Å². The summed E-state index contributed by atoms with van der Waals surface area (Å²) in [6.07, 6.45) is 3.49. The van der Waals surface area contributed by atoms with Crippen LogP contribution in [0.5, 0.6) is 0 Å². The first-order valence-electron chi connectivity index (χ1n) is 6.76. The van der Waals surface area contributed by atoms with Gasteiger partial charge >= 0.3 is 0 Å². The van der Waals surface area contributed by atoms with Crippen molar-refractivity contribution >= 4 is 12.4 Å². The van der Waals surface area contributed by atoms with Crippen LogP contribution >= 0.6 is 12.4 Å². The van der Waals surface area contributed by atoms with Crippen LogP contribution in [-0.2, 0) is 6.54 Å². The van der Waals surface area contributed by atoms with Gasteiger partial charge < -0.3 is 15.6 Å². The summed E-state index contributed by atoms with van der Waals surface area (Å²) in [5.41, 5.74) is 8.13. The van der Waals surface area contributed by atoms with Crippen molar-refractivity contribution in [3.63, 3.8) is 0 Å². The summed E-state index contributed by atoms with van der Waals surface area (Å²) in [5.74, 6) is 0.809. The fourth-order valence-electron chi connectivity index (χ4n) is 2.38. The van der Waals surface area contributed by atoms with Gasteiger partial charge in [0, 0.05) is 30.3 Å². The van der Waals surface area contributed by atoms with Gasteiger partial charge in [0.05, 0.1) is 5.69 Å². The Labute approximate surface area is 125 Å². The molecule has 3 N–H and O–H groups in total. The van der Waals surface area contributed by atoms with Crippen molar-refractivity contribution in [2.45, 2.75) is 31.3 Å². The zero-order chi connectivity index (χ0) is 13.1. The number of nitrogens with one attached hydrogen (secondary N) is 1. The highest BCUT2D eigenvalue weighted by Gasteiger charge is 2.31. The number of hydrogen-bond donors (Lipinski definition) is 2. The van der Waals surface area contributed by atoms with Crippen LogP contribution in [0.1, 0.15) is 25.0 Å². The molecule has 108 valence electrons. The van der Waals surface area contributed by atoms with Crippen LogP contribution < -0.4 is 11.1 Å². The third-order valence-electron chi connectivity index (χ3n) is 3.75. The zero-order valence-corrected chi connectivity index (χ0v) is 12.2. The molecule has 0 radical (unpaired) electrons. The molecule has 1 aromatic carbocycles. The number of hydrogen-bond acceptors (Lipinski definition) is 4. The average Bonchev–Trinajstić information content (AvgIpc) is 2.87. The number of halogens is 1. The predicted octanol–water partition coefficient (Wildman–Crippen LogP) is 2.73. The van der Waals surface area contributed by atoms with Gasteiger partial charge in [0.2, 0.25) is 0 Å². The second-order valence-electron chi connectivity index (χ2n) is 5.37. The van der Waals surface area contributed by atoms with Crippen LogP contribution in [0.15, 0.2) is 40.9 Å². The van der Waals surface area contributed by atoms with Gasteiger partial charge in [-0.05, 0) is 19.3 Å². The second kappa shape index (κ2) is 6.39. The van der Waals surface area contributed by atoms with Crippen LogP contribution in [0.3, 0.4) is 0 Å². The molecular formula is C15H20ClN3O. The van der Waals surface area contributed by atoms with E-state index in [1.165, 1.54) is 6.42 Å². The van der Waals surface area contributed by atoms with Gasteiger partial charge in [0.25, 0.3) is 0 Å². The van der Waals surface area contributed by atoms with Gasteiger partial charge in [0.1, 0.15) is 0 Å². The Kier molecular flexibility index (Phi) is 4.81. The van der Waals surface area contributed by atoms with E-state index < -0.39 is 0 Å². The number of rotatable bonds is 5. The van der Waals surface area contributed by atoms with Crippen molar-refractivity contribution in [2.24, 2.45) is 5.73 Å². The molecule has 1 heterocycles. The second-order valence-corrected chi connectivity index (χ2v) is 5.37. The lowest BCUT2D eigenvalue weighted by atomic mass is 9.78. The molecule has 1 aliphatic rings. The topological polar surface area (TPSA) is 64.1 Å². The largest absolute Gasteiger partial charge is 0.356 e. The summed E-state index contributed by atoms with van der Waals surface area (Å²) in [6.45, 7) is 1.55. The average molecular weight is 294 g/mol. The first kappa shape index (κ1) is 15.0. The lowest BCUT2D eigenvalue weighted by molar-refractivity contribution is 0.238. The van der Waals surface area contributed by atoms with Crippen molar-refractivity contribution in [1.29, 1.82) is 0 Å². The van der Waals surface area contributed by atoms with Crippen molar-refractivity contribution in [2.75, 3.05) is 6.54 Å². The fourth-order valence-corrected chi connectivity index (χ4v) is 2.38. The van der Waals surface area contributed by atoms with Crippen LogP contribution in [-0.4, -0.2) is 17.2 Å². The molecule has 0 atom stereocenters. The third-order valence-corrected chi connectivity index (χ3v) is 3.75. The summed E-state index contributed by atoms with van der Waals surface area (Å²) >= 11 is 0. The molecule has 1 fully saturated rings. The summed E-state index contributed by atoms with van der Waals surface area (Å²) in [4.78, 5) is 0. The Morgan fingerprint density at radius 2 is 2.00 bits per heavy atom. The van der Waals surface area contributed by atoms with E-state index in [4.69, 9.17) is 10.3 Å². The quantitative estimate of drug-likeness (QED) is 0.890. The molecule has 0 aliphatic heterocycles. The van der Waals surface area contributed by atoms with Gasteiger partial charge in [0.15, 0.2) is 5.76 Å². The molecule has 2 aromatic rings. The first-order chi connectivity index (χ1) is 9.25. The fraction of sp³-hybridized carbons (Fsp3) is 0.400. The summed E-state index contributed by atoms with van der Waals surface area (Å²) < 4.78 is 5.35. The van der Waals surface area contributed by atoms with Crippen LogP contribution in [0.2, 0.25) is 0 Å². The predicted molar refractivity (Wildman–Crippen MR) is 81.7 cm³/mol. The van der Waals surface area contributed by atoms with Crippen molar-refractivity contribution in [3.8, 4) is 11.3 Å². The number of benzene rings is 1. The molecule has 0 bridgehead atoms. The Balaban J connectivity index is 0.00000147. The third kappa shape index (κ3) is 3.39. The van der Waals surface area contributed by atoms with E-state index in [2.05, 4.69) is 10.5 Å². The Bertz CT molecular complexity index is 537. The highest BCUT2D eigenvalue weighted by molar-refractivity contribution is 5.85. The van der Waals surface area contributed by atoms with Crippen LogP contribution in [0.4, 0.5) is 0 Å². The maximum absolute atomic E-state index is 6.16. The Hall–Kier alpha value is -1.36. The Morgan fingerprint density at radius 1 is 1.25 bits per heavy atom. The molecule has 4 nitrogen and oxygen atoms in total. The minimum absolute atomic E-state index is 0. The standard InChI is InChI=1S/C15H19N3O.ClH/c16-15(7-4-8-15)11-17-10-13-9-14(19-18-13)12-5-2-1-3-6-12;/h1-3,5-6,9,17H,4,7-8,10-11,16H2;1H. The monoisotopic (exact) mass is 293 g/mol. The molecule has 1 saturated carbocycles. The minimum Gasteiger partial charge on any atom is -0.356 e. The maximum Gasteiger partial charge on any atom is 0.167 e. The molecule has 1 aromatic heterocycles. The lowest BCUT2D eigenvalue weighted by Crippen LogP contribution is -2.53. The van der Waals surface area contributed by atoms with E-state index in [-0.39, 0.29) is 17.9 Å². The molecule has 0 unspecified atom stereocenters. The molecule has 0 amide bonds. The molecule has 20 heavy (non-hydrogen) atoms. The SMILES string of the molecule is Cl.NC1(CNCc2cc(-c3ccccc3)on2)CCC1. The van der Waals surface area contributed by atoms with E-state index in [1.54, 1.807) is 0 Å². The van der Waals surface area contributed by atoms with Crippen LogP contribution in [0, 0.1) is 0 Å². The van der Waals surface area contributed by atoms with Gasteiger partial charge in [-0.15, -0.1) is 12.4 Å². The first-order valence-corrected chi connectivity index (χ1v) is 6.76. The van der Waals surface area contributed by atoms with E-state index in [9.17, 15) is 0 Å². The maximum atomic E-state index is 6.16. The minimum atomic E-state index is 0. The smallest absolute Gasteiger partial charge is 0.167 e. The molecule has 0 spiro atoms. The summed E-state index contributed by atoms with van der Waals surface area (Å²) in [6, 6.07) is 12.0. The Morgan fingerprint density at radius 3 is 2.65 bits per heavy atom. The van der Waals surface area contributed by atoms with Gasteiger partial charge in [-0.3, -0.25) is 0 Å². The van der Waals surface area contributed by atoms with E-state index in [0.29, 0.717) is 6.54 Å². The molecule has 0 saturated heterocycles. The van der Waals surface area contributed by atoms with E-state index >= 15 is 0 Å². The van der Waals surface area contributed by atoms with Crippen molar-refractivity contribution < 1.29 is 4.52 Å². The van der Waals surface area contributed by atoms with Crippen LogP contribution in [0.25, 0.3) is 11.3 Å². The van der Waals surface area contributed by atoms with Gasteiger partial charge in [-0.25, -0.2) is 0 Å². The lowest BCUT2D eigenvalue weighted by Gasteiger charge is -2.38. The molecule has 5 heteroatoms. The highest BCUT2D eigenvalue weighted by atomic mass is 35.5. The normalized spacial score (nSPS) is 16.2. The number of nitrogens with zero attached hydrogens (tertiary/aromatic N) is 1. The number of aromatic nitrogens is 1. The number of nitrogens with two attached hydrogens (primary N) is 1. The van der Waals surface area contributed by atoms with E-state index in [0.717, 1.165) is 36.4 Å². The van der Waals surface area contributed by atoms with Gasteiger partial charge in [-0.1, -0.05) is 35.5 Å². The highest BCUT2D eigenvalue weighted by Crippen LogP contribution is 2.28. The zero-order valence-electron chi connectivity index (χ0n) is 11.3. The summed E-state index contributed by atoms with van der Waals surface area (Å²) in [5, 5.41) is 7.44.